The lowest BCUT2D eigenvalue weighted by Crippen LogP contribution is -2.19. The Labute approximate surface area is 152 Å². The first kappa shape index (κ1) is 17.3. The molecular weight excluding hydrogens is 326 g/mol. The standard InChI is InChI=1S/C21H19N3O2/c1-4-13-26-19-12-8-9-17(14-19)15-22-20-16(2)23(3)24(21(20)25)18-10-6-5-7-11-18/h1,5-12,14-15H,13H2,2-3H3. The lowest BCUT2D eigenvalue weighted by atomic mass is 10.2. The molecule has 0 fully saturated rings. The highest BCUT2D eigenvalue weighted by Crippen LogP contribution is 2.17. The third kappa shape index (κ3) is 3.45. The number of aromatic nitrogens is 2. The summed E-state index contributed by atoms with van der Waals surface area (Å²) in [7, 11) is 1.84. The summed E-state index contributed by atoms with van der Waals surface area (Å²) in [4.78, 5) is 17.3. The first-order valence-corrected chi connectivity index (χ1v) is 8.16. The molecule has 0 unspecified atom stereocenters. The summed E-state index contributed by atoms with van der Waals surface area (Å²) in [5.41, 5.74) is 2.66. The van der Waals surface area contributed by atoms with Crippen molar-refractivity contribution >= 4 is 11.9 Å². The predicted octanol–water partition coefficient (Wildman–Crippen LogP) is 3.25. The Hall–Kier alpha value is -3.52. The molecule has 2 aromatic carbocycles. The minimum absolute atomic E-state index is 0.160. The molecule has 1 heterocycles. The number of terminal acetylenes is 1. The zero-order chi connectivity index (χ0) is 18.5. The van der Waals surface area contributed by atoms with E-state index in [2.05, 4.69) is 10.9 Å². The van der Waals surface area contributed by atoms with E-state index in [0.29, 0.717) is 11.4 Å². The number of benzene rings is 2. The zero-order valence-electron chi connectivity index (χ0n) is 14.7. The largest absolute Gasteiger partial charge is 0.481 e. The molecule has 0 radical (unpaired) electrons. The molecule has 0 aliphatic rings. The van der Waals surface area contributed by atoms with Gasteiger partial charge in [-0.25, -0.2) is 9.67 Å². The first-order valence-electron chi connectivity index (χ1n) is 8.16. The number of hydrogen-bond acceptors (Lipinski definition) is 3. The average molecular weight is 345 g/mol. The first-order chi connectivity index (χ1) is 12.6. The third-order valence-electron chi connectivity index (χ3n) is 4.05. The molecule has 0 atom stereocenters. The van der Waals surface area contributed by atoms with Crippen LogP contribution >= 0.6 is 0 Å². The number of ether oxygens (including phenoxy) is 1. The monoisotopic (exact) mass is 345 g/mol. The van der Waals surface area contributed by atoms with Gasteiger partial charge in [-0.1, -0.05) is 36.3 Å². The predicted molar refractivity (Wildman–Crippen MR) is 104 cm³/mol. The Morgan fingerprint density at radius 1 is 1.19 bits per heavy atom. The highest BCUT2D eigenvalue weighted by molar-refractivity contribution is 5.82. The minimum Gasteiger partial charge on any atom is -0.481 e. The average Bonchev–Trinajstić information content (AvgIpc) is 2.88. The van der Waals surface area contributed by atoms with Gasteiger partial charge in [0.2, 0.25) is 0 Å². The molecule has 0 aliphatic heterocycles. The van der Waals surface area contributed by atoms with Crippen molar-refractivity contribution in [2.24, 2.45) is 12.0 Å². The van der Waals surface area contributed by atoms with Gasteiger partial charge < -0.3 is 4.74 Å². The van der Waals surface area contributed by atoms with Crippen LogP contribution in [0.4, 0.5) is 5.69 Å². The highest BCUT2D eigenvalue weighted by atomic mass is 16.5. The van der Waals surface area contributed by atoms with Gasteiger partial charge in [0.1, 0.15) is 12.4 Å². The summed E-state index contributed by atoms with van der Waals surface area (Å²) in [5.74, 6) is 3.10. The van der Waals surface area contributed by atoms with E-state index in [1.165, 1.54) is 0 Å². The second-order valence-corrected chi connectivity index (χ2v) is 5.73. The molecule has 130 valence electrons. The normalized spacial score (nSPS) is 10.8. The maximum absolute atomic E-state index is 12.8. The van der Waals surface area contributed by atoms with Crippen molar-refractivity contribution in [3.05, 3.63) is 76.2 Å². The number of aliphatic imine (C=N–C) groups is 1. The van der Waals surface area contributed by atoms with Crippen LogP contribution in [-0.4, -0.2) is 22.2 Å². The minimum atomic E-state index is -0.160. The van der Waals surface area contributed by atoms with Gasteiger partial charge in [-0.15, -0.1) is 6.42 Å². The summed E-state index contributed by atoms with van der Waals surface area (Å²) in [5, 5.41) is 0. The molecule has 0 amide bonds. The molecule has 5 heteroatoms. The van der Waals surface area contributed by atoms with Crippen LogP contribution in [0.2, 0.25) is 0 Å². The van der Waals surface area contributed by atoms with E-state index < -0.39 is 0 Å². The molecule has 0 saturated carbocycles. The van der Waals surface area contributed by atoms with Gasteiger partial charge >= 0.3 is 0 Å². The maximum atomic E-state index is 12.8. The van der Waals surface area contributed by atoms with E-state index in [1.807, 2.05) is 68.6 Å². The second-order valence-electron chi connectivity index (χ2n) is 5.73. The molecule has 0 spiro atoms. The van der Waals surface area contributed by atoms with E-state index in [9.17, 15) is 4.79 Å². The zero-order valence-corrected chi connectivity index (χ0v) is 14.7. The van der Waals surface area contributed by atoms with Crippen LogP contribution in [0.3, 0.4) is 0 Å². The molecule has 5 nitrogen and oxygen atoms in total. The van der Waals surface area contributed by atoms with E-state index in [4.69, 9.17) is 11.2 Å². The lowest BCUT2D eigenvalue weighted by Gasteiger charge is -2.07. The Balaban J connectivity index is 1.95. The Morgan fingerprint density at radius 2 is 1.96 bits per heavy atom. The van der Waals surface area contributed by atoms with Crippen molar-refractivity contribution in [3.63, 3.8) is 0 Å². The van der Waals surface area contributed by atoms with Crippen molar-refractivity contribution in [1.29, 1.82) is 0 Å². The molecule has 0 N–H and O–H groups in total. The number of hydrogen-bond donors (Lipinski definition) is 0. The van der Waals surface area contributed by atoms with Gasteiger partial charge in [0.05, 0.1) is 11.4 Å². The lowest BCUT2D eigenvalue weighted by molar-refractivity contribution is 0.370. The van der Waals surface area contributed by atoms with Crippen LogP contribution in [0.15, 0.2) is 64.4 Å². The van der Waals surface area contributed by atoms with Crippen LogP contribution in [0.25, 0.3) is 5.69 Å². The second kappa shape index (κ2) is 7.58. The van der Waals surface area contributed by atoms with E-state index >= 15 is 0 Å². The van der Waals surface area contributed by atoms with Gasteiger partial charge in [-0.2, -0.15) is 0 Å². The Bertz CT molecular complexity index is 1040. The molecular formula is C21H19N3O2. The van der Waals surface area contributed by atoms with Crippen molar-refractivity contribution in [2.75, 3.05) is 6.61 Å². The molecule has 0 bridgehead atoms. The Kier molecular flexibility index (Phi) is 5.04. The van der Waals surface area contributed by atoms with Crippen molar-refractivity contribution in [2.45, 2.75) is 6.92 Å². The topological polar surface area (TPSA) is 48.5 Å². The fraction of sp³-hybridized carbons (Fsp3) is 0.143. The smallest absolute Gasteiger partial charge is 0.297 e. The van der Waals surface area contributed by atoms with Crippen LogP contribution in [0.5, 0.6) is 5.75 Å². The van der Waals surface area contributed by atoms with E-state index in [1.54, 1.807) is 15.6 Å². The number of nitrogens with zero attached hydrogens (tertiary/aromatic N) is 3. The van der Waals surface area contributed by atoms with Gasteiger partial charge in [-0.05, 0) is 36.8 Å². The molecule has 3 aromatic rings. The van der Waals surface area contributed by atoms with Crippen molar-refractivity contribution in [3.8, 4) is 23.8 Å². The third-order valence-corrected chi connectivity index (χ3v) is 4.05. The van der Waals surface area contributed by atoms with Crippen molar-refractivity contribution in [1.82, 2.24) is 9.36 Å². The SMILES string of the molecule is C#CCOc1cccc(C=Nc2c(C)n(C)n(-c3ccccc3)c2=O)c1. The quantitative estimate of drug-likeness (QED) is 0.526. The van der Waals surface area contributed by atoms with Gasteiger partial charge in [0.25, 0.3) is 5.56 Å². The van der Waals surface area contributed by atoms with Crippen LogP contribution < -0.4 is 10.3 Å². The summed E-state index contributed by atoms with van der Waals surface area (Å²) in [6, 6.07) is 16.9. The molecule has 3 rings (SSSR count). The fourth-order valence-electron chi connectivity index (χ4n) is 2.65. The fourth-order valence-corrected chi connectivity index (χ4v) is 2.65. The summed E-state index contributed by atoms with van der Waals surface area (Å²) >= 11 is 0. The molecule has 0 aliphatic carbocycles. The van der Waals surface area contributed by atoms with Gasteiger partial charge in [0.15, 0.2) is 5.69 Å². The van der Waals surface area contributed by atoms with E-state index in [0.717, 1.165) is 16.9 Å². The summed E-state index contributed by atoms with van der Waals surface area (Å²) in [6.45, 7) is 2.08. The highest BCUT2D eigenvalue weighted by Gasteiger charge is 2.14. The van der Waals surface area contributed by atoms with Gasteiger partial charge in [-0.3, -0.25) is 9.48 Å². The Morgan fingerprint density at radius 3 is 2.69 bits per heavy atom. The van der Waals surface area contributed by atoms with Crippen LogP contribution in [-0.2, 0) is 7.05 Å². The van der Waals surface area contributed by atoms with Gasteiger partial charge in [0, 0.05) is 13.3 Å². The molecule has 1 aromatic heterocycles. The van der Waals surface area contributed by atoms with E-state index in [-0.39, 0.29) is 12.2 Å². The number of para-hydroxylation sites is 1. The maximum Gasteiger partial charge on any atom is 0.297 e. The molecule has 0 saturated heterocycles. The summed E-state index contributed by atoms with van der Waals surface area (Å²) in [6.07, 6.45) is 6.86. The van der Waals surface area contributed by atoms with Crippen molar-refractivity contribution < 1.29 is 4.74 Å². The van der Waals surface area contributed by atoms with Crippen LogP contribution in [0, 0.1) is 19.3 Å². The summed E-state index contributed by atoms with van der Waals surface area (Å²) < 4.78 is 8.82. The molecule has 26 heavy (non-hydrogen) atoms. The van der Waals surface area contributed by atoms with Crippen LogP contribution in [0.1, 0.15) is 11.3 Å². The number of rotatable bonds is 5.